The summed E-state index contributed by atoms with van der Waals surface area (Å²) in [6.07, 6.45) is 0.921. The number of H-pyrrole nitrogens is 1. The number of nitrogens with one attached hydrogen (secondary N) is 8. The molecule has 0 bridgehead atoms. The van der Waals surface area contributed by atoms with Crippen molar-refractivity contribution in [3.63, 3.8) is 0 Å². The number of fused-ring (bicyclic) bond motifs is 1. The fraction of sp³-hybridized carbons (Fsp3) is 0.442. The third-order valence-electron chi connectivity index (χ3n) is 12.8. The number of carboxylic acid groups (broad SMARTS) is 2. The lowest BCUT2D eigenvalue weighted by Crippen LogP contribution is -2.63. The van der Waals surface area contributed by atoms with Gasteiger partial charge in [-0.05, 0) is 68.3 Å². The largest absolute Gasteiger partial charge is 0.481 e. The second-order valence-electron chi connectivity index (χ2n) is 19.7. The molecule has 1 aliphatic heterocycles. The first-order chi connectivity index (χ1) is 37.0. The van der Waals surface area contributed by atoms with Crippen LogP contribution in [0.15, 0.2) is 85.1 Å². The van der Waals surface area contributed by atoms with E-state index in [0.717, 1.165) is 21.6 Å². The van der Waals surface area contributed by atoms with Crippen molar-refractivity contribution < 1.29 is 58.3 Å². The van der Waals surface area contributed by atoms with E-state index >= 15 is 0 Å². The molecule has 1 aromatic heterocycles. The zero-order valence-corrected chi connectivity index (χ0v) is 45.1. The average Bonchev–Trinajstić information content (AvgIpc) is 3.80. The van der Waals surface area contributed by atoms with Gasteiger partial charge in [0.1, 0.15) is 42.3 Å². The minimum atomic E-state index is -1.64. The SMILES string of the molecule is CC(C)[C@H](NC(=O)[C@@H]1CSSC(C)(C)[C@H](NC(=O)[C@@H](N)CC(=O)O)C(=O)N[C@@H](Cc2ccccc2)C(=O)N[C@@H](Cc2c[nH]c3ccccc23)C(=O)N[C@@H](CCCCN)C(=O)N[C@@H](Cc2ccc([N+](=O)[O-])cc2)C(=O)N1)C(=O)O. The van der Waals surface area contributed by atoms with Gasteiger partial charge in [-0.25, -0.2) is 4.79 Å². The number of carbonyl (C=O) groups is 9. The molecule has 0 radical (unpaired) electrons. The molecule has 420 valence electrons. The van der Waals surface area contributed by atoms with Crippen molar-refractivity contribution in [1.29, 1.82) is 0 Å². The zero-order valence-electron chi connectivity index (χ0n) is 43.4. The zero-order chi connectivity index (χ0) is 57.3. The molecule has 8 atom stereocenters. The Kier molecular flexibility index (Phi) is 22.6. The van der Waals surface area contributed by atoms with Gasteiger partial charge in [0.2, 0.25) is 41.4 Å². The highest BCUT2D eigenvalue weighted by Crippen LogP contribution is 2.39. The normalized spacial score (nSPS) is 21.6. The quantitative estimate of drug-likeness (QED) is 0.0273. The molecule has 0 aliphatic carbocycles. The summed E-state index contributed by atoms with van der Waals surface area (Å²) >= 11 is 0. The standard InChI is InChI=1S/C52H67N11O13S2/c1-28(2)42(51(73)74)61-49(71)40-27-77-78-52(3,4)43(62-44(66)34(54)25-41(64)65)50(72)59-38(22-29-12-6-5-7-13-29)46(68)58-39(24-31-26-55-35-15-9-8-14-33(31)35)48(70)56-36(16-10-11-21-53)45(67)57-37(47(69)60-40)23-30-17-19-32(20-18-30)63(75)76/h5-9,12-15,17-20,26,28,34,36-40,42-43,55H,10-11,16,21-25,27,53-54H2,1-4H3,(H,56,70)(H,57,67)(H,58,68)(H,59,72)(H,60,69)(H,61,71)(H,62,66)(H,64,65)(H,73,74)/t34-,36-,37-,38-,39-,40-,42-,43+/m0/s1. The number of aliphatic carboxylic acids is 2. The molecular formula is C52H67N11O13S2. The number of nitrogens with two attached hydrogens (primary N) is 2. The molecular weight excluding hydrogens is 1050 g/mol. The van der Waals surface area contributed by atoms with E-state index in [1.54, 1.807) is 62.5 Å². The number of para-hydroxylation sites is 1. The number of hydrogen-bond donors (Lipinski definition) is 12. The van der Waals surface area contributed by atoms with Gasteiger partial charge in [-0.15, -0.1) is 0 Å². The van der Waals surface area contributed by atoms with Gasteiger partial charge in [0.15, 0.2) is 0 Å². The second-order valence-corrected chi connectivity index (χ2v) is 22.7. The van der Waals surface area contributed by atoms with Crippen molar-refractivity contribution >= 4 is 91.5 Å². The molecule has 78 heavy (non-hydrogen) atoms. The summed E-state index contributed by atoms with van der Waals surface area (Å²) in [6.45, 7) is 6.39. The molecule has 2 heterocycles. The number of hydrogen-bond acceptors (Lipinski definition) is 15. The van der Waals surface area contributed by atoms with Crippen LogP contribution in [0.3, 0.4) is 0 Å². The number of aromatic nitrogens is 1. The smallest absolute Gasteiger partial charge is 0.326 e. The predicted octanol–water partition coefficient (Wildman–Crippen LogP) is 1.34. The number of nitro benzene ring substituents is 1. The molecule has 7 amide bonds. The number of non-ortho nitro benzene ring substituents is 1. The van der Waals surface area contributed by atoms with Gasteiger partial charge in [0, 0.05) is 59.0 Å². The first kappa shape index (κ1) is 61.3. The average molecular weight is 1120 g/mol. The van der Waals surface area contributed by atoms with Crippen LogP contribution >= 0.6 is 21.6 Å². The number of amides is 7. The Balaban J connectivity index is 1.67. The van der Waals surface area contributed by atoms with Crippen molar-refractivity contribution in [3.8, 4) is 0 Å². The summed E-state index contributed by atoms with van der Waals surface area (Å²) in [6, 6.07) is 8.83. The lowest BCUT2D eigenvalue weighted by atomic mass is 9.98. The number of nitro groups is 1. The summed E-state index contributed by atoms with van der Waals surface area (Å²) < 4.78 is -1.45. The Morgan fingerprint density at radius 3 is 1.90 bits per heavy atom. The first-order valence-electron chi connectivity index (χ1n) is 25.1. The van der Waals surface area contributed by atoms with Gasteiger partial charge in [0.25, 0.3) is 5.69 Å². The van der Waals surface area contributed by atoms with Crippen LogP contribution in [0.1, 0.15) is 70.1 Å². The second kappa shape index (κ2) is 28.7. The molecule has 4 aromatic rings. The number of aromatic amines is 1. The van der Waals surface area contributed by atoms with Gasteiger partial charge in [-0.3, -0.25) is 48.5 Å². The summed E-state index contributed by atoms with van der Waals surface area (Å²) in [5.74, 6) is -10.2. The minimum Gasteiger partial charge on any atom is -0.481 e. The van der Waals surface area contributed by atoms with Crippen molar-refractivity contribution in [1.82, 2.24) is 42.2 Å². The van der Waals surface area contributed by atoms with Crippen LogP contribution in [0.25, 0.3) is 10.9 Å². The maximum absolute atomic E-state index is 14.9. The van der Waals surface area contributed by atoms with Crippen molar-refractivity contribution in [2.75, 3.05) is 12.3 Å². The number of carboxylic acids is 2. The Morgan fingerprint density at radius 1 is 0.756 bits per heavy atom. The maximum Gasteiger partial charge on any atom is 0.326 e. The van der Waals surface area contributed by atoms with Crippen LogP contribution in [-0.2, 0) is 62.4 Å². The van der Waals surface area contributed by atoms with E-state index in [1.807, 2.05) is 12.1 Å². The van der Waals surface area contributed by atoms with Crippen LogP contribution < -0.4 is 48.7 Å². The predicted molar refractivity (Wildman–Crippen MR) is 292 cm³/mol. The molecule has 1 aliphatic rings. The van der Waals surface area contributed by atoms with Crippen LogP contribution in [-0.4, -0.2) is 139 Å². The van der Waals surface area contributed by atoms with E-state index < -0.39 is 124 Å². The topological polar surface area (TPSA) is 389 Å². The third kappa shape index (κ3) is 17.8. The summed E-state index contributed by atoms with van der Waals surface area (Å²) in [4.78, 5) is 140. The molecule has 0 saturated carbocycles. The summed E-state index contributed by atoms with van der Waals surface area (Å²) in [7, 11) is 1.85. The minimum absolute atomic E-state index is 0.0230. The molecule has 14 N–H and O–H groups in total. The van der Waals surface area contributed by atoms with Gasteiger partial charge < -0.3 is 63.9 Å². The van der Waals surface area contributed by atoms with Gasteiger partial charge in [0.05, 0.1) is 17.4 Å². The lowest BCUT2D eigenvalue weighted by molar-refractivity contribution is -0.384. The van der Waals surface area contributed by atoms with E-state index in [1.165, 1.54) is 38.1 Å². The highest BCUT2D eigenvalue weighted by Gasteiger charge is 2.42. The highest BCUT2D eigenvalue weighted by atomic mass is 33.1. The number of carbonyl (C=O) groups excluding carboxylic acids is 7. The highest BCUT2D eigenvalue weighted by molar-refractivity contribution is 8.77. The lowest BCUT2D eigenvalue weighted by Gasteiger charge is -2.35. The monoisotopic (exact) mass is 1120 g/mol. The van der Waals surface area contributed by atoms with Gasteiger partial charge in [-0.2, -0.15) is 0 Å². The number of benzene rings is 3. The van der Waals surface area contributed by atoms with E-state index in [9.17, 15) is 63.5 Å². The van der Waals surface area contributed by atoms with E-state index in [-0.39, 0.29) is 43.7 Å². The number of nitrogens with zero attached hydrogens (tertiary/aromatic N) is 1. The van der Waals surface area contributed by atoms with Crippen molar-refractivity contribution in [3.05, 3.63) is 112 Å². The Morgan fingerprint density at radius 2 is 1.31 bits per heavy atom. The fourth-order valence-corrected chi connectivity index (χ4v) is 11.2. The molecule has 0 spiro atoms. The molecule has 24 nitrogen and oxygen atoms in total. The Hall–Kier alpha value is -7.55. The van der Waals surface area contributed by atoms with Crippen LogP contribution in [0.2, 0.25) is 0 Å². The first-order valence-corrected chi connectivity index (χ1v) is 27.5. The van der Waals surface area contributed by atoms with Crippen molar-refractivity contribution in [2.24, 2.45) is 17.4 Å². The molecule has 1 saturated heterocycles. The summed E-state index contributed by atoms with van der Waals surface area (Å²) in [5.41, 5.74) is 13.8. The summed E-state index contributed by atoms with van der Waals surface area (Å²) in [5, 5.41) is 50.4. The molecule has 1 fully saturated rings. The van der Waals surface area contributed by atoms with E-state index in [0.29, 0.717) is 40.4 Å². The molecule has 0 unspecified atom stereocenters. The fourth-order valence-electron chi connectivity index (χ4n) is 8.43. The van der Waals surface area contributed by atoms with Crippen LogP contribution in [0.5, 0.6) is 0 Å². The van der Waals surface area contributed by atoms with Gasteiger partial charge >= 0.3 is 11.9 Å². The molecule has 5 rings (SSSR count). The van der Waals surface area contributed by atoms with Gasteiger partial charge in [-0.1, -0.05) is 96.1 Å². The Bertz CT molecular complexity index is 2800. The number of unbranched alkanes of at least 4 members (excludes halogenated alkanes) is 1. The van der Waals surface area contributed by atoms with Crippen molar-refractivity contribution in [2.45, 2.75) is 126 Å². The third-order valence-corrected chi connectivity index (χ3v) is 16.1. The molecule has 3 aromatic carbocycles. The number of rotatable bonds is 19. The Labute approximate surface area is 457 Å². The van der Waals surface area contributed by atoms with Crippen LogP contribution in [0.4, 0.5) is 5.69 Å². The maximum atomic E-state index is 14.9. The van der Waals surface area contributed by atoms with Crippen LogP contribution in [0, 0.1) is 16.0 Å². The molecule has 26 heteroatoms. The van der Waals surface area contributed by atoms with E-state index in [4.69, 9.17) is 11.5 Å². The van der Waals surface area contributed by atoms with E-state index in [2.05, 4.69) is 42.2 Å².